The van der Waals surface area contributed by atoms with E-state index in [1.165, 1.54) is 44.1 Å². The van der Waals surface area contributed by atoms with Gasteiger partial charge in [-0.2, -0.15) is 0 Å². The van der Waals surface area contributed by atoms with Crippen molar-refractivity contribution in [3.05, 3.63) is 30.1 Å². The third kappa shape index (κ3) is 3.79. The van der Waals surface area contributed by atoms with E-state index in [-0.39, 0.29) is 0 Å². The van der Waals surface area contributed by atoms with Crippen LogP contribution in [0.3, 0.4) is 0 Å². The molecule has 1 aromatic heterocycles. The number of aromatic nitrogens is 1. The van der Waals surface area contributed by atoms with Crippen LogP contribution >= 0.6 is 11.8 Å². The first-order valence-corrected chi connectivity index (χ1v) is 9.26. The van der Waals surface area contributed by atoms with Gasteiger partial charge in [-0.3, -0.25) is 9.78 Å². The summed E-state index contributed by atoms with van der Waals surface area (Å²) in [7, 11) is 0. The molecule has 0 unspecified atom stereocenters. The van der Waals surface area contributed by atoms with Gasteiger partial charge in [0.05, 0.1) is 5.75 Å². The van der Waals surface area contributed by atoms with E-state index in [2.05, 4.69) is 16.0 Å². The minimum atomic E-state index is 0.348. The minimum Gasteiger partial charge on any atom is -0.339 e. The third-order valence-electron chi connectivity index (χ3n) is 4.78. The number of pyridine rings is 1. The first kappa shape index (κ1) is 14.9. The Morgan fingerprint density at radius 1 is 1.29 bits per heavy atom. The Hall–Kier alpha value is -1.03. The molecule has 0 radical (unpaired) electrons. The van der Waals surface area contributed by atoms with Crippen LogP contribution in [-0.2, 0) is 10.5 Å². The molecule has 3 nitrogen and oxygen atoms in total. The topological polar surface area (TPSA) is 33.2 Å². The minimum absolute atomic E-state index is 0.348. The molecule has 114 valence electrons. The molecule has 21 heavy (non-hydrogen) atoms. The Kier molecular flexibility index (Phi) is 5.17. The van der Waals surface area contributed by atoms with E-state index in [1.54, 1.807) is 18.0 Å². The predicted molar refractivity (Wildman–Crippen MR) is 87.1 cm³/mol. The van der Waals surface area contributed by atoms with Crippen LogP contribution in [0, 0.1) is 5.92 Å². The number of fused-ring (bicyclic) bond motifs is 1. The third-order valence-corrected chi connectivity index (χ3v) is 5.77. The molecular weight excluding hydrogens is 280 g/mol. The van der Waals surface area contributed by atoms with E-state index in [0.29, 0.717) is 17.7 Å². The summed E-state index contributed by atoms with van der Waals surface area (Å²) in [5, 5.41) is 0. The van der Waals surface area contributed by atoms with Crippen molar-refractivity contribution in [1.29, 1.82) is 0 Å². The van der Waals surface area contributed by atoms with Gasteiger partial charge in [0.25, 0.3) is 0 Å². The molecule has 0 bridgehead atoms. The van der Waals surface area contributed by atoms with Gasteiger partial charge in [0.15, 0.2) is 0 Å². The van der Waals surface area contributed by atoms with Gasteiger partial charge in [0, 0.05) is 30.7 Å². The molecule has 2 aliphatic rings. The summed E-state index contributed by atoms with van der Waals surface area (Å²) < 4.78 is 0. The predicted octanol–water partition coefficient (Wildman–Crippen LogP) is 3.50. The molecule has 1 aliphatic carbocycles. The zero-order valence-electron chi connectivity index (χ0n) is 12.5. The number of hydrogen-bond acceptors (Lipinski definition) is 3. The number of likely N-dealkylation sites (tertiary alicyclic amines) is 1. The van der Waals surface area contributed by atoms with Gasteiger partial charge in [-0.1, -0.05) is 18.9 Å². The number of piperidine rings is 1. The maximum atomic E-state index is 12.5. The second-order valence-corrected chi connectivity index (χ2v) is 7.18. The van der Waals surface area contributed by atoms with E-state index in [4.69, 9.17) is 0 Å². The van der Waals surface area contributed by atoms with Crippen LogP contribution in [0.2, 0.25) is 0 Å². The van der Waals surface area contributed by atoms with E-state index in [9.17, 15) is 4.79 Å². The highest BCUT2D eigenvalue weighted by atomic mass is 32.2. The fourth-order valence-corrected chi connectivity index (χ4v) is 4.61. The summed E-state index contributed by atoms with van der Waals surface area (Å²) in [6, 6.07) is 4.57. The van der Waals surface area contributed by atoms with Crippen molar-refractivity contribution in [2.75, 3.05) is 12.3 Å². The molecule has 4 heteroatoms. The van der Waals surface area contributed by atoms with E-state index >= 15 is 0 Å². The summed E-state index contributed by atoms with van der Waals surface area (Å²) in [6.45, 7) is 0.980. The highest BCUT2D eigenvalue weighted by Gasteiger charge is 2.35. The Morgan fingerprint density at radius 3 is 3.00 bits per heavy atom. The average Bonchev–Trinajstić information content (AvgIpc) is 2.55. The molecule has 2 heterocycles. The summed E-state index contributed by atoms with van der Waals surface area (Å²) in [5.41, 5.74) is 1.20. The molecule has 1 aliphatic heterocycles. The van der Waals surface area contributed by atoms with Crippen molar-refractivity contribution in [3.8, 4) is 0 Å². The summed E-state index contributed by atoms with van der Waals surface area (Å²) in [5.74, 6) is 2.61. The van der Waals surface area contributed by atoms with Gasteiger partial charge in [0.1, 0.15) is 0 Å². The van der Waals surface area contributed by atoms with Gasteiger partial charge in [-0.25, -0.2) is 0 Å². The fraction of sp³-hybridized carbons (Fsp3) is 0.647. The van der Waals surface area contributed by atoms with Crippen molar-refractivity contribution in [1.82, 2.24) is 9.88 Å². The first-order chi connectivity index (χ1) is 10.3. The number of carbonyl (C=O) groups is 1. The van der Waals surface area contributed by atoms with Crippen LogP contribution in [0.1, 0.15) is 44.1 Å². The summed E-state index contributed by atoms with van der Waals surface area (Å²) in [4.78, 5) is 18.8. The maximum Gasteiger partial charge on any atom is 0.232 e. The normalized spacial score (nSPS) is 25.4. The molecular formula is C17H24N2OS. The van der Waals surface area contributed by atoms with Crippen molar-refractivity contribution in [3.63, 3.8) is 0 Å². The molecule has 3 rings (SSSR count). The zero-order valence-corrected chi connectivity index (χ0v) is 13.4. The van der Waals surface area contributed by atoms with Gasteiger partial charge < -0.3 is 4.90 Å². The largest absolute Gasteiger partial charge is 0.339 e. The molecule has 1 aromatic rings. The van der Waals surface area contributed by atoms with Crippen molar-refractivity contribution in [2.24, 2.45) is 5.92 Å². The Morgan fingerprint density at radius 2 is 2.14 bits per heavy atom. The number of nitrogens with zero attached hydrogens (tertiary/aromatic N) is 2. The van der Waals surface area contributed by atoms with Crippen LogP contribution in [0.15, 0.2) is 24.5 Å². The van der Waals surface area contributed by atoms with Crippen LogP contribution in [0.5, 0.6) is 0 Å². The highest BCUT2D eigenvalue weighted by Crippen LogP contribution is 2.35. The number of carbonyl (C=O) groups excluding carboxylic acids is 1. The van der Waals surface area contributed by atoms with Gasteiger partial charge >= 0.3 is 0 Å². The van der Waals surface area contributed by atoms with Gasteiger partial charge in [0.2, 0.25) is 5.91 Å². The van der Waals surface area contributed by atoms with Crippen LogP contribution in [0.4, 0.5) is 0 Å². The zero-order chi connectivity index (χ0) is 14.5. The maximum absolute atomic E-state index is 12.5. The van der Waals surface area contributed by atoms with Gasteiger partial charge in [-0.05, 0) is 43.2 Å². The smallest absolute Gasteiger partial charge is 0.232 e. The lowest BCUT2D eigenvalue weighted by Crippen LogP contribution is -2.50. The Bertz CT molecular complexity index is 463. The second-order valence-electron chi connectivity index (χ2n) is 6.20. The van der Waals surface area contributed by atoms with E-state index < -0.39 is 0 Å². The molecule has 2 atom stereocenters. The van der Waals surface area contributed by atoms with Crippen LogP contribution in [0.25, 0.3) is 0 Å². The SMILES string of the molecule is O=C(CSCc1cccnc1)N1CCC[C@H]2CCCC[C@@H]21. The van der Waals surface area contributed by atoms with E-state index in [0.717, 1.165) is 18.2 Å². The number of amides is 1. The number of hydrogen-bond donors (Lipinski definition) is 0. The standard InChI is InChI=1S/C17H24N2OS/c20-17(13-21-12-14-5-3-9-18-11-14)19-10-4-7-15-6-1-2-8-16(15)19/h3,5,9,11,15-16H,1-2,4,6-8,10,12-13H2/t15-,16+/m1/s1. The van der Waals surface area contributed by atoms with E-state index in [1.807, 2.05) is 12.3 Å². The lowest BCUT2D eigenvalue weighted by Gasteiger charge is -2.44. The molecule has 1 saturated carbocycles. The molecule has 0 N–H and O–H groups in total. The molecule has 1 saturated heterocycles. The summed E-state index contributed by atoms with van der Waals surface area (Å²) >= 11 is 1.72. The quantitative estimate of drug-likeness (QED) is 0.853. The Balaban J connectivity index is 1.50. The van der Waals surface area contributed by atoms with Crippen molar-refractivity contribution in [2.45, 2.75) is 50.3 Å². The van der Waals surface area contributed by atoms with Gasteiger partial charge in [-0.15, -0.1) is 11.8 Å². The average molecular weight is 304 g/mol. The number of rotatable bonds is 4. The molecule has 0 aromatic carbocycles. The Labute approximate surface area is 131 Å². The first-order valence-electron chi connectivity index (χ1n) is 8.11. The highest BCUT2D eigenvalue weighted by molar-refractivity contribution is 7.99. The van der Waals surface area contributed by atoms with Crippen LogP contribution in [-0.4, -0.2) is 34.1 Å². The van der Waals surface area contributed by atoms with Crippen molar-refractivity contribution < 1.29 is 4.79 Å². The molecule has 2 fully saturated rings. The second kappa shape index (κ2) is 7.30. The summed E-state index contributed by atoms with van der Waals surface area (Å²) in [6.07, 6.45) is 11.4. The fourth-order valence-electron chi connectivity index (χ4n) is 3.76. The number of thioether (sulfide) groups is 1. The molecule has 0 spiro atoms. The van der Waals surface area contributed by atoms with Crippen molar-refractivity contribution >= 4 is 17.7 Å². The molecule has 1 amide bonds. The monoisotopic (exact) mass is 304 g/mol. The van der Waals surface area contributed by atoms with Crippen LogP contribution < -0.4 is 0 Å². The lowest BCUT2D eigenvalue weighted by molar-refractivity contribution is -0.134. The lowest BCUT2D eigenvalue weighted by atomic mass is 9.78.